The van der Waals surface area contributed by atoms with Gasteiger partial charge in [-0.2, -0.15) is 0 Å². The van der Waals surface area contributed by atoms with Crippen LogP contribution in [0.25, 0.3) is 0 Å². The van der Waals surface area contributed by atoms with Crippen LogP contribution in [0, 0.1) is 5.92 Å². The van der Waals surface area contributed by atoms with Crippen molar-refractivity contribution in [3.05, 3.63) is 0 Å². The van der Waals surface area contributed by atoms with Crippen molar-refractivity contribution in [2.45, 2.75) is 123 Å². The maximum atomic E-state index is 12.2. The minimum atomic E-state index is -1.64. The van der Waals surface area contributed by atoms with E-state index < -0.39 is 11.7 Å². The third-order valence-corrected chi connectivity index (χ3v) is 6.83. The van der Waals surface area contributed by atoms with Gasteiger partial charge in [-0.3, -0.25) is 9.69 Å². The van der Waals surface area contributed by atoms with E-state index in [1.165, 1.54) is 77.6 Å². The Morgan fingerprint density at radius 2 is 1.40 bits per heavy atom. The van der Waals surface area contributed by atoms with Gasteiger partial charge in [0.1, 0.15) is 0 Å². The number of rotatable bonds is 21. The molecule has 35 heavy (non-hydrogen) atoms. The molecule has 0 aromatic carbocycles. The summed E-state index contributed by atoms with van der Waals surface area (Å²) in [6.45, 7) is 8.71. The molecule has 7 nitrogen and oxygen atoms in total. The van der Waals surface area contributed by atoms with Gasteiger partial charge in [-0.15, -0.1) is 0 Å². The molecule has 0 radical (unpaired) electrons. The van der Waals surface area contributed by atoms with Gasteiger partial charge in [-0.05, 0) is 25.7 Å². The lowest BCUT2D eigenvalue weighted by atomic mass is 10.0. The Kier molecular flexibility index (Phi) is 18.1. The fraction of sp³-hybridized carbons (Fsp3) is 0.929. The lowest BCUT2D eigenvalue weighted by Crippen LogP contribution is -2.57. The van der Waals surface area contributed by atoms with Crippen LogP contribution in [0.15, 0.2) is 0 Å². The molecule has 2 N–H and O–H groups in total. The number of ether oxygens (including phenoxy) is 2. The summed E-state index contributed by atoms with van der Waals surface area (Å²) in [5.74, 6) is 0.256. The van der Waals surface area contributed by atoms with Crippen molar-refractivity contribution in [2.24, 2.45) is 5.92 Å². The van der Waals surface area contributed by atoms with Crippen LogP contribution in [0.5, 0.6) is 0 Å². The third kappa shape index (κ3) is 16.2. The molecule has 1 aliphatic rings. The Morgan fingerprint density at radius 3 is 1.94 bits per heavy atom. The van der Waals surface area contributed by atoms with Crippen molar-refractivity contribution in [1.82, 2.24) is 10.2 Å². The number of unbranched alkanes of at least 4 members (excludes halogenated alkanes) is 11. The molecule has 0 saturated carbocycles. The SMILES string of the molecule is CC(C)CCCCCCCCCCCCCCC(=O)NCCCOC(=O)C(C)(O)N1CCOCC1. The van der Waals surface area contributed by atoms with Crippen LogP contribution < -0.4 is 5.32 Å². The summed E-state index contributed by atoms with van der Waals surface area (Å²) < 4.78 is 10.5. The van der Waals surface area contributed by atoms with Crippen molar-refractivity contribution < 1.29 is 24.2 Å². The first-order valence-corrected chi connectivity index (χ1v) is 14.3. The van der Waals surface area contributed by atoms with Gasteiger partial charge in [0, 0.05) is 26.1 Å². The van der Waals surface area contributed by atoms with Crippen LogP contribution in [0.3, 0.4) is 0 Å². The van der Waals surface area contributed by atoms with E-state index in [9.17, 15) is 14.7 Å². The van der Waals surface area contributed by atoms with Gasteiger partial charge in [-0.1, -0.05) is 90.9 Å². The van der Waals surface area contributed by atoms with E-state index in [0.717, 1.165) is 18.8 Å². The number of carbonyl (C=O) groups is 2. The highest BCUT2D eigenvalue weighted by Crippen LogP contribution is 2.16. The number of amides is 1. The monoisotopic (exact) mass is 498 g/mol. The zero-order chi connectivity index (χ0) is 25.8. The van der Waals surface area contributed by atoms with Crippen molar-refractivity contribution in [2.75, 3.05) is 39.5 Å². The van der Waals surface area contributed by atoms with E-state index in [4.69, 9.17) is 9.47 Å². The molecule has 0 bridgehead atoms. The molecule has 1 heterocycles. The zero-order valence-corrected chi connectivity index (χ0v) is 23.0. The van der Waals surface area contributed by atoms with Crippen LogP contribution in [0.1, 0.15) is 117 Å². The summed E-state index contributed by atoms with van der Waals surface area (Å²) >= 11 is 0. The highest BCUT2D eigenvalue weighted by Gasteiger charge is 2.39. The number of nitrogens with one attached hydrogen (secondary N) is 1. The predicted octanol–water partition coefficient (Wildman–Crippen LogP) is 5.19. The molecule has 0 aromatic rings. The normalized spacial score (nSPS) is 16.3. The molecule has 1 unspecified atom stereocenters. The highest BCUT2D eigenvalue weighted by molar-refractivity contribution is 5.78. The van der Waals surface area contributed by atoms with Crippen LogP contribution in [-0.2, 0) is 19.1 Å². The van der Waals surface area contributed by atoms with E-state index in [0.29, 0.717) is 45.7 Å². The molecule has 1 amide bonds. The lowest BCUT2D eigenvalue weighted by molar-refractivity contribution is -0.192. The molecule has 1 atom stereocenters. The summed E-state index contributed by atoms with van der Waals surface area (Å²) in [5, 5.41) is 13.3. The Bertz CT molecular complexity index is 547. The number of hydrogen-bond acceptors (Lipinski definition) is 6. The molecular weight excluding hydrogens is 444 g/mol. The summed E-state index contributed by atoms with van der Waals surface area (Å²) in [5.41, 5.74) is -1.64. The van der Waals surface area contributed by atoms with Gasteiger partial charge in [0.15, 0.2) is 0 Å². The van der Waals surface area contributed by atoms with E-state index in [1.807, 2.05) is 0 Å². The van der Waals surface area contributed by atoms with Gasteiger partial charge in [-0.25, -0.2) is 4.79 Å². The molecule has 1 fully saturated rings. The first-order valence-electron chi connectivity index (χ1n) is 14.3. The topological polar surface area (TPSA) is 88.1 Å². The largest absolute Gasteiger partial charge is 0.462 e. The van der Waals surface area contributed by atoms with Crippen molar-refractivity contribution >= 4 is 11.9 Å². The van der Waals surface area contributed by atoms with Crippen molar-refractivity contribution in [3.63, 3.8) is 0 Å². The maximum Gasteiger partial charge on any atom is 0.353 e. The summed E-state index contributed by atoms with van der Waals surface area (Å²) in [6.07, 6.45) is 18.0. The fourth-order valence-corrected chi connectivity index (χ4v) is 4.42. The van der Waals surface area contributed by atoms with Gasteiger partial charge >= 0.3 is 5.97 Å². The number of aliphatic hydroxyl groups is 1. The Balaban J connectivity index is 1.86. The summed E-state index contributed by atoms with van der Waals surface area (Å²) in [4.78, 5) is 25.8. The Hall–Kier alpha value is -1.18. The fourth-order valence-electron chi connectivity index (χ4n) is 4.42. The predicted molar refractivity (Wildman–Crippen MR) is 141 cm³/mol. The molecule has 0 aliphatic carbocycles. The molecule has 1 saturated heterocycles. The molecule has 0 spiro atoms. The van der Waals surface area contributed by atoms with Crippen LogP contribution in [-0.4, -0.2) is 67.1 Å². The molecule has 1 aliphatic heterocycles. The molecular formula is C28H54N2O5. The molecule has 206 valence electrons. The van der Waals surface area contributed by atoms with Crippen molar-refractivity contribution in [3.8, 4) is 0 Å². The first-order chi connectivity index (χ1) is 16.8. The smallest absolute Gasteiger partial charge is 0.353 e. The number of carbonyl (C=O) groups excluding carboxylic acids is 2. The lowest BCUT2D eigenvalue weighted by Gasteiger charge is -2.37. The van der Waals surface area contributed by atoms with E-state index >= 15 is 0 Å². The van der Waals surface area contributed by atoms with Gasteiger partial charge in [0.2, 0.25) is 11.6 Å². The minimum absolute atomic E-state index is 0.0602. The van der Waals surface area contributed by atoms with Gasteiger partial charge in [0.25, 0.3) is 0 Å². The second kappa shape index (κ2) is 19.9. The van der Waals surface area contributed by atoms with Crippen LogP contribution >= 0.6 is 0 Å². The van der Waals surface area contributed by atoms with E-state index in [2.05, 4.69) is 19.2 Å². The Labute approximate surface area is 214 Å². The second-order valence-corrected chi connectivity index (χ2v) is 10.6. The molecule has 0 aromatic heterocycles. The number of morpholine rings is 1. The van der Waals surface area contributed by atoms with Crippen LogP contribution in [0.2, 0.25) is 0 Å². The Morgan fingerprint density at radius 1 is 0.886 bits per heavy atom. The van der Waals surface area contributed by atoms with Gasteiger partial charge < -0.3 is 19.9 Å². The molecule has 7 heteroatoms. The number of esters is 1. The summed E-state index contributed by atoms with van der Waals surface area (Å²) in [7, 11) is 0. The number of hydrogen-bond donors (Lipinski definition) is 2. The van der Waals surface area contributed by atoms with Crippen LogP contribution in [0.4, 0.5) is 0 Å². The minimum Gasteiger partial charge on any atom is -0.462 e. The first kappa shape index (κ1) is 31.8. The second-order valence-electron chi connectivity index (χ2n) is 10.6. The van der Waals surface area contributed by atoms with Gasteiger partial charge in [0.05, 0.1) is 19.8 Å². The van der Waals surface area contributed by atoms with E-state index in [1.54, 1.807) is 4.90 Å². The number of nitrogens with zero attached hydrogens (tertiary/aromatic N) is 1. The average Bonchev–Trinajstić information content (AvgIpc) is 2.84. The third-order valence-electron chi connectivity index (χ3n) is 6.83. The summed E-state index contributed by atoms with van der Waals surface area (Å²) in [6, 6.07) is 0. The maximum absolute atomic E-state index is 12.2. The van der Waals surface area contributed by atoms with Crippen molar-refractivity contribution in [1.29, 1.82) is 0 Å². The average molecular weight is 499 g/mol. The highest BCUT2D eigenvalue weighted by atomic mass is 16.6. The zero-order valence-electron chi connectivity index (χ0n) is 23.0. The van der Waals surface area contributed by atoms with E-state index in [-0.39, 0.29) is 12.5 Å². The standard InChI is InChI=1S/C28H54N2O5/c1-25(2)17-14-12-10-8-6-4-5-7-9-11-13-15-18-26(31)29-19-16-22-35-27(32)28(3,33)30-20-23-34-24-21-30/h25,33H,4-24H2,1-3H3,(H,29,31). The molecule has 1 rings (SSSR count). The quantitative estimate of drug-likeness (QED) is 0.167.